The fraction of sp³-hybridized carbons (Fsp3) is 0.800. The molecule has 1 aromatic carbocycles. The van der Waals surface area contributed by atoms with Crippen LogP contribution in [-0.2, 0) is 15.4 Å². The summed E-state index contributed by atoms with van der Waals surface area (Å²) in [7, 11) is -5.18. The van der Waals surface area contributed by atoms with Crippen LogP contribution in [0.15, 0.2) is 18.2 Å². The van der Waals surface area contributed by atoms with E-state index < -0.39 is 7.82 Å². The average Bonchev–Trinajstić information content (AvgIpc) is 2.73. The molecule has 0 saturated heterocycles. The van der Waals surface area contributed by atoms with E-state index in [-0.39, 0.29) is 21.7 Å². The summed E-state index contributed by atoms with van der Waals surface area (Å²) in [5, 5.41) is 0. The van der Waals surface area contributed by atoms with Gasteiger partial charge >= 0.3 is 0 Å². The Balaban J connectivity index is 1.47. The van der Waals surface area contributed by atoms with Crippen molar-refractivity contribution in [3.63, 3.8) is 0 Å². The third kappa shape index (κ3) is 2.97. The first kappa shape index (κ1) is 23.3. The molecule has 192 valence electrons. The molecule has 0 aromatic heterocycles. The van der Waals surface area contributed by atoms with E-state index >= 15 is 0 Å². The predicted molar refractivity (Wildman–Crippen MR) is 133 cm³/mol. The van der Waals surface area contributed by atoms with Gasteiger partial charge in [-0.3, -0.25) is 0 Å². The third-order valence-electron chi connectivity index (χ3n) is 13.2. The predicted octanol–water partition coefficient (Wildman–Crippen LogP) is 6.10. The molecule has 0 radical (unpaired) electrons. The van der Waals surface area contributed by atoms with Gasteiger partial charge in [0.1, 0.15) is 13.6 Å². The van der Waals surface area contributed by atoms with Gasteiger partial charge in [-0.1, -0.05) is 39.8 Å². The highest BCUT2D eigenvalue weighted by molar-refractivity contribution is 7.43. The van der Waals surface area contributed by atoms with E-state index in [1.165, 1.54) is 69.8 Å². The SMILES string of the molecule is CC12CC3CC(CC(C3)C1(C)c1cccc(OP(=O)([O-])[O-])c1C1(C)C3CC4CC(C3)CC1(C)C4)C2. The number of phosphoric ester groups is 1. The van der Waals surface area contributed by atoms with Crippen molar-refractivity contribution >= 4 is 7.82 Å². The molecule has 6 atom stereocenters. The molecule has 0 amide bonds. The smallest absolute Gasteiger partial charge is 0.128 e. The first-order chi connectivity index (χ1) is 16.3. The van der Waals surface area contributed by atoms with E-state index in [2.05, 4.69) is 33.8 Å². The van der Waals surface area contributed by atoms with Crippen LogP contribution in [0.25, 0.3) is 0 Å². The summed E-state index contributed by atoms with van der Waals surface area (Å²) in [6.45, 7) is 9.89. The number of rotatable bonds is 4. The standard InChI is InChI=1S/C30H43O4P/c1-27-14-18-8-19(15-27)11-22(10-18)29(27,3)24-6-5-7-25(34-35(31,32)33)26(24)30(4)23-12-20-9-21(13-23)17-28(30,2)16-20/h5-7,18-23H,8-17H2,1-4H3,(H2,31,32,33)/p-2. The molecule has 0 N–H and O–H groups in total. The van der Waals surface area contributed by atoms with E-state index in [4.69, 9.17) is 4.52 Å². The summed E-state index contributed by atoms with van der Waals surface area (Å²) >= 11 is 0. The summed E-state index contributed by atoms with van der Waals surface area (Å²) in [6, 6.07) is 6.05. The van der Waals surface area contributed by atoms with Gasteiger partial charge in [0.05, 0.1) is 0 Å². The van der Waals surface area contributed by atoms with Crippen molar-refractivity contribution in [2.45, 2.75) is 103 Å². The Morgan fingerprint density at radius 1 is 0.743 bits per heavy atom. The summed E-state index contributed by atoms with van der Waals surface area (Å²) in [6.07, 6.45) is 12.7. The van der Waals surface area contributed by atoms with Crippen LogP contribution in [0.3, 0.4) is 0 Å². The van der Waals surface area contributed by atoms with Crippen molar-refractivity contribution in [1.82, 2.24) is 0 Å². The lowest BCUT2D eigenvalue weighted by atomic mass is 9.35. The Labute approximate surface area is 210 Å². The second kappa shape index (κ2) is 6.97. The Kier molecular flexibility index (Phi) is 4.64. The van der Waals surface area contributed by atoms with Crippen LogP contribution in [0.4, 0.5) is 0 Å². The first-order valence-corrected chi connectivity index (χ1v) is 15.7. The molecule has 8 saturated carbocycles. The van der Waals surface area contributed by atoms with E-state index in [0.717, 1.165) is 29.2 Å². The highest BCUT2D eigenvalue weighted by Crippen LogP contribution is 2.74. The normalized spacial score (nSPS) is 51.7. The van der Waals surface area contributed by atoms with Crippen molar-refractivity contribution in [2.75, 3.05) is 0 Å². The minimum atomic E-state index is -5.18. The molecule has 0 spiro atoms. The van der Waals surface area contributed by atoms with Gasteiger partial charge in [-0.2, -0.15) is 0 Å². The maximum absolute atomic E-state index is 12.1. The third-order valence-corrected chi connectivity index (χ3v) is 13.6. The fourth-order valence-corrected chi connectivity index (χ4v) is 12.4. The summed E-state index contributed by atoms with van der Waals surface area (Å²) in [5.74, 6) is 4.74. The number of hydrogen-bond acceptors (Lipinski definition) is 4. The van der Waals surface area contributed by atoms with Gasteiger partial charge in [0, 0.05) is 16.4 Å². The number of hydrogen-bond donors (Lipinski definition) is 0. The van der Waals surface area contributed by atoms with Crippen LogP contribution in [0.1, 0.15) is 103 Å². The van der Waals surface area contributed by atoms with Gasteiger partial charge in [0.25, 0.3) is 0 Å². The van der Waals surface area contributed by atoms with Crippen LogP contribution in [0.2, 0.25) is 0 Å². The lowest BCUT2D eigenvalue weighted by molar-refractivity contribution is -0.333. The Hall–Kier alpha value is -0.830. The molecule has 6 unspecified atom stereocenters. The molecule has 8 aliphatic carbocycles. The first-order valence-electron chi connectivity index (χ1n) is 14.2. The van der Waals surface area contributed by atoms with Gasteiger partial charge in [0.2, 0.25) is 0 Å². The maximum Gasteiger partial charge on any atom is 0.128 e. The summed E-state index contributed by atoms with van der Waals surface area (Å²) < 4.78 is 17.5. The van der Waals surface area contributed by atoms with E-state index in [9.17, 15) is 14.4 Å². The van der Waals surface area contributed by atoms with Crippen LogP contribution in [0.5, 0.6) is 5.75 Å². The Bertz CT molecular complexity index is 1100. The monoisotopic (exact) mass is 496 g/mol. The largest absolute Gasteiger partial charge is 0.780 e. The molecule has 8 bridgehead atoms. The maximum atomic E-state index is 12.1. The minimum Gasteiger partial charge on any atom is -0.780 e. The molecule has 4 nitrogen and oxygen atoms in total. The minimum absolute atomic E-state index is 0.0289. The van der Waals surface area contributed by atoms with Crippen LogP contribution < -0.4 is 14.3 Å². The van der Waals surface area contributed by atoms with Crippen LogP contribution >= 0.6 is 7.82 Å². The highest BCUT2D eigenvalue weighted by atomic mass is 31.2. The topological polar surface area (TPSA) is 72.4 Å². The molecule has 0 aliphatic heterocycles. The average molecular weight is 497 g/mol. The molecule has 5 heteroatoms. The van der Waals surface area contributed by atoms with Gasteiger partial charge in [0.15, 0.2) is 0 Å². The summed E-state index contributed by atoms with van der Waals surface area (Å²) in [4.78, 5) is 24.1. The van der Waals surface area contributed by atoms with Gasteiger partial charge in [-0.05, 0) is 122 Å². The molecular weight excluding hydrogens is 455 g/mol. The van der Waals surface area contributed by atoms with E-state index in [1.807, 2.05) is 6.07 Å². The molecule has 35 heavy (non-hydrogen) atoms. The zero-order valence-electron chi connectivity index (χ0n) is 21.8. The molecule has 8 aliphatic rings. The second-order valence-electron chi connectivity index (χ2n) is 14.8. The number of phosphoric acid groups is 1. The summed E-state index contributed by atoms with van der Waals surface area (Å²) in [5.41, 5.74) is 2.50. The molecule has 0 heterocycles. The van der Waals surface area contributed by atoms with Crippen molar-refractivity contribution in [3.05, 3.63) is 29.3 Å². The molecule has 1 aromatic rings. The van der Waals surface area contributed by atoms with Crippen LogP contribution in [0, 0.1) is 46.3 Å². The van der Waals surface area contributed by atoms with Gasteiger partial charge in [-0.15, -0.1) is 0 Å². The zero-order chi connectivity index (χ0) is 24.6. The quantitative estimate of drug-likeness (QED) is 0.472. The molecule has 9 rings (SSSR count). The fourth-order valence-electron chi connectivity index (χ4n) is 12.0. The molecular formula is C30H41O4P-2. The van der Waals surface area contributed by atoms with Crippen molar-refractivity contribution in [2.24, 2.45) is 46.3 Å². The lowest BCUT2D eigenvalue weighted by Crippen LogP contribution is -2.63. The van der Waals surface area contributed by atoms with Gasteiger partial charge in [-0.25, -0.2) is 0 Å². The van der Waals surface area contributed by atoms with Crippen molar-refractivity contribution in [1.29, 1.82) is 0 Å². The van der Waals surface area contributed by atoms with Crippen molar-refractivity contribution in [3.8, 4) is 5.75 Å². The Morgan fingerprint density at radius 2 is 1.20 bits per heavy atom. The lowest BCUT2D eigenvalue weighted by Gasteiger charge is -2.69. The highest BCUT2D eigenvalue weighted by Gasteiger charge is 2.66. The second-order valence-corrected chi connectivity index (χ2v) is 15.9. The van der Waals surface area contributed by atoms with Gasteiger partial charge < -0.3 is 18.9 Å². The Morgan fingerprint density at radius 3 is 1.63 bits per heavy atom. The molecule has 8 fully saturated rings. The van der Waals surface area contributed by atoms with Crippen molar-refractivity contribution < 1.29 is 18.9 Å². The number of benzene rings is 1. The van der Waals surface area contributed by atoms with Crippen LogP contribution in [-0.4, -0.2) is 0 Å². The van der Waals surface area contributed by atoms with E-state index in [0.29, 0.717) is 17.6 Å². The van der Waals surface area contributed by atoms with E-state index in [1.54, 1.807) is 6.07 Å². The zero-order valence-corrected chi connectivity index (χ0v) is 22.7.